The zero-order valence-electron chi connectivity index (χ0n) is 57.2. The molecule has 5 aliphatic rings. The Morgan fingerprint density at radius 2 is 0.792 bits per heavy atom. The number of rotatable bonds is 29. The fourth-order valence-corrected chi connectivity index (χ4v) is 14.3. The van der Waals surface area contributed by atoms with Gasteiger partial charge >= 0.3 is 5.97 Å². The lowest BCUT2D eigenvalue weighted by atomic mass is 9.78. The van der Waals surface area contributed by atoms with Gasteiger partial charge in [-0.1, -0.05) is 219 Å². The molecule has 1 saturated carbocycles. The number of carbonyl (C=O) groups is 1. The number of ether oxygens (including phenoxy) is 14. The molecule has 0 bridgehead atoms. The van der Waals surface area contributed by atoms with E-state index in [-0.39, 0.29) is 87.9 Å². The number of carbonyl (C=O) groups excluding carboxylic acids is 1. The quantitative estimate of drug-likeness (QED) is 0.0196. The van der Waals surface area contributed by atoms with Gasteiger partial charge in [0.25, 0.3) is 0 Å². The van der Waals surface area contributed by atoms with Crippen LogP contribution in [0.3, 0.4) is 0 Å². The van der Waals surface area contributed by atoms with Gasteiger partial charge in [-0.2, -0.15) is 0 Å². The van der Waals surface area contributed by atoms with Crippen LogP contribution in [0.5, 0.6) is 0 Å². The number of hydrogen-bond donors (Lipinski definition) is 2. The molecule has 96 heavy (non-hydrogen) atoms. The number of azide groups is 1. The highest BCUT2D eigenvalue weighted by atomic mass is 16.8. The van der Waals surface area contributed by atoms with Gasteiger partial charge in [0.05, 0.1) is 95.5 Å². The van der Waals surface area contributed by atoms with Crippen molar-refractivity contribution in [3.63, 3.8) is 0 Å². The lowest BCUT2D eigenvalue weighted by Gasteiger charge is -2.51. The van der Waals surface area contributed by atoms with Crippen LogP contribution >= 0.6 is 0 Å². The van der Waals surface area contributed by atoms with E-state index in [1.807, 2.05) is 166 Å². The Morgan fingerprint density at radius 3 is 1.30 bits per heavy atom. The lowest BCUT2D eigenvalue weighted by Crippen LogP contribution is -2.65. The van der Waals surface area contributed by atoms with E-state index in [0.717, 1.165) is 34.2 Å². The molecule has 5 aromatic rings. The molecule has 2 N–H and O–H groups in total. The second-order valence-electron chi connectivity index (χ2n) is 27.1. The average molecular weight is 1330 g/mol. The van der Waals surface area contributed by atoms with Gasteiger partial charge in [0.1, 0.15) is 36.6 Å². The predicted molar refractivity (Wildman–Crippen MR) is 357 cm³/mol. The molecule has 20 heteroatoms. The Morgan fingerprint density at radius 1 is 0.406 bits per heavy atom. The topological polar surface area (TPSA) is 236 Å². The Bertz CT molecular complexity index is 3140. The average Bonchev–Trinajstić information content (AvgIpc) is 0.783. The van der Waals surface area contributed by atoms with E-state index in [2.05, 4.69) is 58.5 Å². The molecule has 0 spiro atoms. The summed E-state index contributed by atoms with van der Waals surface area (Å²) in [7, 11) is 0. The van der Waals surface area contributed by atoms with Crippen molar-refractivity contribution in [2.45, 2.75) is 219 Å². The fraction of sp³-hybridized carbons (Fsp3) is 0.592. The van der Waals surface area contributed by atoms with Gasteiger partial charge in [-0.25, -0.2) is 0 Å². The number of aliphatic hydroxyl groups is 2. The van der Waals surface area contributed by atoms with Crippen molar-refractivity contribution in [3.8, 4) is 0 Å². The molecule has 1 aliphatic carbocycles. The van der Waals surface area contributed by atoms with Crippen LogP contribution in [0.25, 0.3) is 10.4 Å². The maximum Gasteiger partial charge on any atom is 0.303 e. The SMILES string of the molecule is CCC1OC(OC2C(OCC3OC(OC4C(COCc5ccccc5)OC(OC5C(O)C(O)C(OCc6ccccc6)C(C)C5OCc5ccccc5)C(N=[N+]=[N-])C4C)C(OCc4ccccc4)C(C)C3C)OC(COCc3ccccc3)C(C)C2C)C(OC(C)=O)C(C)C1C. The summed E-state index contributed by atoms with van der Waals surface area (Å²) in [5, 5.41) is 28.7. The summed E-state index contributed by atoms with van der Waals surface area (Å²) in [5.74, 6) is -2.23. The van der Waals surface area contributed by atoms with Crippen LogP contribution in [-0.2, 0) is 104 Å². The molecule has 26 unspecified atom stereocenters. The van der Waals surface area contributed by atoms with Gasteiger partial charge in [0, 0.05) is 23.7 Å². The molecule has 5 fully saturated rings. The van der Waals surface area contributed by atoms with E-state index >= 15 is 0 Å². The summed E-state index contributed by atoms with van der Waals surface area (Å²) in [4.78, 5) is 16.1. The third-order valence-electron chi connectivity index (χ3n) is 20.8. The highest BCUT2D eigenvalue weighted by Gasteiger charge is 2.56. The van der Waals surface area contributed by atoms with Crippen LogP contribution in [0.4, 0.5) is 0 Å². The zero-order chi connectivity index (χ0) is 67.8. The monoisotopic (exact) mass is 1330 g/mol. The van der Waals surface area contributed by atoms with Crippen molar-refractivity contribution in [2.24, 2.45) is 52.5 Å². The van der Waals surface area contributed by atoms with Crippen molar-refractivity contribution < 1.29 is 81.3 Å². The van der Waals surface area contributed by atoms with Crippen LogP contribution in [-0.4, -0.2) is 147 Å². The molecule has 4 aliphatic heterocycles. The van der Waals surface area contributed by atoms with E-state index in [4.69, 9.17) is 66.3 Å². The molecular weight excluding hydrogens is 1230 g/mol. The maximum absolute atomic E-state index is 12.7. The maximum atomic E-state index is 12.7. The van der Waals surface area contributed by atoms with Crippen LogP contribution in [0.15, 0.2) is 157 Å². The van der Waals surface area contributed by atoms with Crippen molar-refractivity contribution in [2.75, 3.05) is 19.8 Å². The van der Waals surface area contributed by atoms with Crippen molar-refractivity contribution >= 4 is 5.97 Å². The highest BCUT2D eigenvalue weighted by Crippen LogP contribution is 2.44. The van der Waals surface area contributed by atoms with Gasteiger partial charge in [0.15, 0.2) is 31.3 Å². The summed E-state index contributed by atoms with van der Waals surface area (Å²) in [6.07, 6.45) is -14.4. The minimum Gasteiger partial charge on any atom is -0.457 e. The third-order valence-corrected chi connectivity index (χ3v) is 20.8. The number of esters is 1. The molecule has 4 heterocycles. The first-order valence-corrected chi connectivity index (χ1v) is 34.5. The second kappa shape index (κ2) is 35.4. The second-order valence-corrected chi connectivity index (χ2v) is 27.1. The van der Waals surface area contributed by atoms with Crippen molar-refractivity contribution in [1.82, 2.24) is 0 Å². The standard InChI is InChI=1S/C76H101N3O17/c1-11-59-45(2)49(6)71(89-53(10)80)76(90-59)95-70-50(7)47(4)60(42-83-37-54-27-17-12-18-28-54)91-74(70)88-44-61-46(3)48(5)69(87-41-58-35-25-16-26-36-58)75(92-61)94-66-51(8)63(78-79-77)73(93-62(66)43-84-38-55-29-19-13-20-30-55)96-72-65(82)64(81)67(85-39-56-31-21-14-22-32-56)52(9)68(72)86-40-57-33-23-15-24-34-57/h12-36,45-52,59-76,81-82H,11,37-44H2,1-10H3. The molecule has 522 valence electrons. The summed E-state index contributed by atoms with van der Waals surface area (Å²) in [5.41, 5.74) is 15.2. The Kier molecular flexibility index (Phi) is 26.9. The van der Waals surface area contributed by atoms with E-state index < -0.39 is 122 Å². The van der Waals surface area contributed by atoms with Gasteiger partial charge in [0.2, 0.25) is 0 Å². The largest absolute Gasteiger partial charge is 0.457 e. The Balaban J connectivity index is 0.940. The molecule has 4 saturated heterocycles. The number of hydrogen-bond acceptors (Lipinski definition) is 18. The van der Waals surface area contributed by atoms with Gasteiger partial charge in [-0.15, -0.1) is 0 Å². The molecule has 10 rings (SSSR count). The summed E-state index contributed by atoms with van der Waals surface area (Å²) in [6, 6.07) is 47.9. The lowest BCUT2D eigenvalue weighted by molar-refractivity contribution is -0.363. The predicted octanol–water partition coefficient (Wildman–Crippen LogP) is 12.1. The molecule has 0 aromatic heterocycles. The van der Waals surface area contributed by atoms with Gasteiger partial charge in [-0.3, -0.25) is 4.79 Å². The van der Waals surface area contributed by atoms with Crippen molar-refractivity contribution in [3.05, 3.63) is 190 Å². The Hall–Kier alpha value is -5.72. The first kappa shape index (κ1) is 73.0. The number of nitrogens with zero attached hydrogens (tertiary/aromatic N) is 3. The molecule has 26 atom stereocenters. The molecule has 0 radical (unpaired) electrons. The zero-order valence-corrected chi connectivity index (χ0v) is 57.2. The van der Waals surface area contributed by atoms with E-state index in [1.165, 1.54) is 6.92 Å². The molecule has 20 nitrogen and oxygen atoms in total. The van der Waals surface area contributed by atoms with Crippen molar-refractivity contribution in [1.29, 1.82) is 0 Å². The number of aliphatic hydroxyl groups excluding tert-OH is 2. The highest BCUT2D eigenvalue weighted by molar-refractivity contribution is 5.66. The van der Waals surface area contributed by atoms with Gasteiger partial charge in [-0.05, 0) is 75.3 Å². The first-order chi connectivity index (χ1) is 46.5. The minimum absolute atomic E-state index is 0.0178. The third kappa shape index (κ3) is 18.4. The van der Waals surface area contributed by atoms with E-state index in [9.17, 15) is 20.5 Å². The number of benzene rings is 5. The Labute approximate surface area is 566 Å². The van der Waals surface area contributed by atoms with E-state index in [0.29, 0.717) is 6.61 Å². The summed E-state index contributed by atoms with van der Waals surface area (Å²) in [6.45, 7) is 21.5. The first-order valence-electron chi connectivity index (χ1n) is 34.5. The van der Waals surface area contributed by atoms with Gasteiger partial charge < -0.3 is 76.5 Å². The smallest absolute Gasteiger partial charge is 0.303 e. The molecular formula is C76H101N3O17. The summed E-state index contributed by atoms with van der Waals surface area (Å²) >= 11 is 0. The summed E-state index contributed by atoms with van der Waals surface area (Å²) < 4.78 is 95.5. The fourth-order valence-electron chi connectivity index (χ4n) is 14.3. The molecule has 0 amide bonds. The van der Waals surface area contributed by atoms with Crippen LogP contribution in [0, 0.1) is 47.3 Å². The minimum atomic E-state index is -1.54. The normalized spacial score (nSPS) is 36.3. The molecule has 5 aromatic carbocycles. The van der Waals surface area contributed by atoms with Crippen LogP contribution in [0.2, 0.25) is 0 Å². The van der Waals surface area contributed by atoms with Crippen LogP contribution in [0.1, 0.15) is 103 Å². The van der Waals surface area contributed by atoms with Crippen LogP contribution < -0.4 is 0 Å². The van der Waals surface area contributed by atoms with E-state index in [1.54, 1.807) is 0 Å².